The molecular formula is C16H12N4O3. The Kier molecular flexibility index (Phi) is 2.71. The first-order valence-electron chi connectivity index (χ1n) is 7.01. The van der Waals surface area contributed by atoms with Gasteiger partial charge in [-0.25, -0.2) is 9.78 Å². The van der Waals surface area contributed by atoms with E-state index >= 15 is 0 Å². The molecule has 0 unspecified atom stereocenters. The number of aromatic nitrogens is 4. The molecule has 114 valence electrons. The lowest BCUT2D eigenvalue weighted by atomic mass is 10.1. The molecule has 0 amide bonds. The molecule has 0 aliphatic heterocycles. The van der Waals surface area contributed by atoms with Crippen LogP contribution in [0.25, 0.3) is 33.7 Å². The van der Waals surface area contributed by atoms with Gasteiger partial charge in [0, 0.05) is 18.7 Å². The topological polar surface area (TPSA) is 93.8 Å². The molecule has 0 bridgehead atoms. The maximum atomic E-state index is 11.9. The number of rotatable bonds is 1. The van der Waals surface area contributed by atoms with Crippen molar-refractivity contribution in [3.8, 4) is 11.3 Å². The van der Waals surface area contributed by atoms with Gasteiger partial charge in [-0.1, -0.05) is 24.3 Å². The van der Waals surface area contributed by atoms with E-state index in [4.69, 9.17) is 4.42 Å². The third kappa shape index (κ3) is 1.97. The van der Waals surface area contributed by atoms with Gasteiger partial charge < -0.3 is 4.42 Å². The third-order valence-corrected chi connectivity index (χ3v) is 3.81. The van der Waals surface area contributed by atoms with Crippen LogP contribution < -0.4 is 11.2 Å². The molecule has 0 aliphatic carbocycles. The lowest BCUT2D eigenvalue weighted by Gasteiger charge is -2.01. The fraction of sp³-hybridized carbons (Fsp3) is 0.125. The highest BCUT2D eigenvalue weighted by Crippen LogP contribution is 2.28. The van der Waals surface area contributed by atoms with Crippen molar-refractivity contribution in [2.75, 3.05) is 0 Å². The van der Waals surface area contributed by atoms with Gasteiger partial charge in [-0.15, -0.1) is 0 Å². The molecule has 0 atom stereocenters. The zero-order valence-electron chi connectivity index (χ0n) is 12.5. The highest BCUT2D eigenvalue weighted by Gasteiger charge is 2.14. The summed E-state index contributed by atoms with van der Waals surface area (Å²) in [6.07, 6.45) is 0. The summed E-state index contributed by atoms with van der Waals surface area (Å²) < 4.78 is 7.01. The van der Waals surface area contributed by atoms with Gasteiger partial charge in [0.05, 0.1) is 0 Å². The van der Waals surface area contributed by atoms with Gasteiger partial charge in [0.2, 0.25) is 5.71 Å². The maximum absolute atomic E-state index is 11.9. The molecule has 1 aromatic carbocycles. The number of fused-ring (bicyclic) bond motifs is 2. The second kappa shape index (κ2) is 4.64. The zero-order valence-corrected chi connectivity index (χ0v) is 12.5. The Labute approximate surface area is 129 Å². The van der Waals surface area contributed by atoms with Crippen molar-refractivity contribution in [1.82, 2.24) is 19.5 Å². The van der Waals surface area contributed by atoms with Gasteiger partial charge in [0.1, 0.15) is 11.3 Å². The second-order valence-corrected chi connectivity index (χ2v) is 5.33. The first kappa shape index (κ1) is 13.4. The van der Waals surface area contributed by atoms with Crippen LogP contribution in [0.1, 0.15) is 5.56 Å². The predicted octanol–water partition coefficient (Wildman–Crippen LogP) is 1.74. The minimum atomic E-state index is -0.559. The quantitative estimate of drug-likeness (QED) is 0.578. The van der Waals surface area contributed by atoms with Gasteiger partial charge in [-0.2, -0.15) is 4.98 Å². The Morgan fingerprint density at radius 2 is 1.96 bits per heavy atom. The molecule has 0 spiro atoms. The number of H-pyrrole nitrogens is 1. The largest absolute Gasteiger partial charge is 0.436 e. The van der Waals surface area contributed by atoms with Crippen LogP contribution in [0, 0.1) is 6.92 Å². The highest BCUT2D eigenvalue weighted by atomic mass is 16.3. The van der Waals surface area contributed by atoms with Crippen LogP contribution in [0.3, 0.4) is 0 Å². The monoisotopic (exact) mass is 308 g/mol. The van der Waals surface area contributed by atoms with Crippen molar-refractivity contribution in [3.63, 3.8) is 0 Å². The van der Waals surface area contributed by atoms with E-state index in [0.29, 0.717) is 11.3 Å². The van der Waals surface area contributed by atoms with Crippen molar-refractivity contribution in [3.05, 3.63) is 56.7 Å². The average molecular weight is 308 g/mol. The molecule has 0 saturated carbocycles. The summed E-state index contributed by atoms with van der Waals surface area (Å²) in [6, 6.07) is 9.53. The van der Waals surface area contributed by atoms with Crippen molar-refractivity contribution < 1.29 is 4.42 Å². The molecule has 1 N–H and O–H groups in total. The van der Waals surface area contributed by atoms with E-state index in [0.717, 1.165) is 11.1 Å². The number of hydrogen-bond acceptors (Lipinski definition) is 5. The highest BCUT2D eigenvalue weighted by molar-refractivity contribution is 5.84. The molecule has 7 heteroatoms. The number of benzene rings is 1. The SMILES string of the molecule is Cc1ccccc1-c1cc2nc3c(=O)[nH]c(=O)n(C)c3nc2o1. The minimum Gasteiger partial charge on any atom is -0.436 e. The second-order valence-electron chi connectivity index (χ2n) is 5.33. The van der Waals surface area contributed by atoms with Crippen molar-refractivity contribution in [2.24, 2.45) is 7.05 Å². The third-order valence-electron chi connectivity index (χ3n) is 3.81. The van der Waals surface area contributed by atoms with Crippen LogP contribution in [0.4, 0.5) is 0 Å². The van der Waals surface area contributed by atoms with Gasteiger partial charge >= 0.3 is 5.69 Å². The van der Waals surface area contributed by atoms with E-state index in [1.807, 2.05) is 31.2 Å². The van der Waals surface area contributed by atoms with E-state index in [1.165, 1.54) is 11.6 Å². The van der Waals surface area contributed by atoms with E-state index in [2.05, 4.69) is 15.0 Å². The summed E-state index contributed by atoms with van der Waals surface area (Å²) in [5.41, 5.74) is 1.95. The fourth-order valence-electron chi connectivity index (χ4n) is 2.56. The summed E-state index contributed by atoms with van der Waals surface area (Å²) >= 11 is 0. The molecule has 0 fully saturated rings. The van der Waals surface area contributed by atoms with Crippen molar-refractivity contribution in [2.45, 2.75) is 6.92 Å². The number of aryl methyl sites for hydroxylation is 2. The smallest absolute Gasteiger partial charge is 0.329 e. The number of hydrogen-bond donors (Lipinski definition) is 1. The zero-order chi connectivity index (χ0) is 16.1. The minimum absolute atomic E-state index is 0.108. The lowest BCUT2D eigenvalue weighted by Crippen LogP contribution is -2.29. The standard InChI is InChI=1S/C16H12N4O3/c1-8-5-3-4-6-9(8)11-7-10-15(23-11)18-13-12(17-10)14(21)19-16(22)20(13)2/h3-7H,1-2H3,(H,19,21,22). The Morgan fingerprint density at radius 3 is 2.74 bits per heavy atom. The normalized spacial score (nSPS) is 11.4. The maximum Gasteiger partial charge on any atom is 0.329 e. The molecule has 0 aliphatic rings. The molecule has 23 heavy (non-hydrogen) atoms. The van der Waals surface area contributed by atoms with Crippen LogP contribution in [0.2, 0.25) is 0 Å². The fourth-order valence-corrected chi connectivity index (χ4v) is 2.56. The summed E-state index contributed by atoms with van der Waals surface area (Å²) in [7, 11) is 1.52. The summed E-state index contributed by atoms with van der Waals surface area (Å²) in [4.78, 5) is 34.4. The van der Waals surface area contributed by atoms with Crippen LogP contribution in [0.5, 0.6) is 0 Å². The first-order chi connectivity index (χ1) is 11.0. The predicted molar refractivity (Wildman–Crippen MR) is 85.3 cm³/mol. The molecule has 3 aromatic heterocycles. The van der Waals surface area contributed by atoms with Crippen LogP contribution in [0.15, 0.2) is 44.3 Å². The summed E-state index contributed by atoms with van der Waals surface area (Å²) in [6.45, 7) is 1.98. The Morgan fingerprint density at radius 1 is 1.17 bits per heavy atom. The van der Waals surface area contributed by atoms with E-state index in [1.54, 1.807) is 6.07 Å². The van der Waals surface area contributed by atoms with Crippen LogP contribution >= 0.6 is 0 Å². The Balaban J connectivity index is 2.07. The van der Waals surface area contributed by atoms with Gasteiger partial charge in [-0.05, 0) is 12.5 Å². The van der Waals surface area contributed by atoms with E-state index in [9.17, 15) is 9.59 Å². The lowest BCUT2D eigenvalue weighted by molar-refractivity contribution is 0.617. The van der Waals surface area contributed by atoms with Crippen LogP contribution in [-0.4, -0.2) is 19.5 Å². The van der Waals surface area contributed by atoms with Gasteiger partial charge in [0.15, 0.2) is 11.2 Å². The average Bonchev–Trinajstić information content (AvgIpc) is 2.94. The molecular weight excluding hydrogens is 296 g/mol. The van der Waals surface area contributed by atoms with Crippen LogP contribution in [-0.2, 0) is 7.05 Å². The van der Waals surface area contributed by atoms with Crippen molar-refractivity contribution >= 4 is 22.4 Å². The van der Waals surface area contributed by atoms with Gasteiger partial charge in [-0.3, -0.25) is 14.3 Å². The first-order valence-corrected chi connectivity index (χ1v) is 7.01. The molecule has 0 saturated heterocycles. The molecule has 3 heterocycles. The number of nitrogens with zero attached hydrogens (tertiary/aromatic N) is 3. The Bertz CT molecular complexity index is 1180. The Hall–Kier alpha value is -3.22. The molecule has 7 nitrogen and oxygen atoms in total. The molecule has 4 rings (SSSR count). The number of nitrogens with one attached hydrogen (secondary N) is 1. The number of aromatic amines is 1. The van der Waals surface area contributed by atoms with Gasteiger partial charge in [0.25, 0.3) is 5.56 Å². The summed E-state index contributed by atoms with van der Waals surface area (Å²) in [5.74, 6) is 0.620. The summed E-state index contributed by atoms with van der Waals surface area (Å²) in [5, 5.41) is 0. The molecule has 4 aromatic rings. The molecule has 0 radical (unpaired) electrons. The van der Waals surface area contributed by atoms with E-state index < -0.39 is 11.2 Å². The van der Waals surface area contributed by atoms with Crippen molar-refractivity contribution in [1.29, 1.82) is 0 Å². The number of furan rings is 1. The van der Waals surface area contributed by atoms with E-state index in [-0.39, 0.29) is 16.9 Å².